The number of anilines is 3. The lowest BCUT2D eigenvalue weighted by Gasteiger charge is -2.18. The summed E-state index contributed by atoms with van der Waals surface area (Å²) in [6.07, 6.45) is 2.58. The molecule has 0 spiro atoms. The molecule has 3 heterocycles. The molecule has 200 valence electrons. The lowest BCUT2D eigenvalue weighted by Crippen LogP contribution is -2.16. The van der Waals surface area contributed by atoms with Crippen LogP contribution >= 0.6 is 22.7 Å². The second-order valence-corrected chi connectivity index (χ2v) is 12.3. The molecule has 3 aromatic heterocycles. The number of carbonyl (C=O) groups excluding carboxylic acids is 2. The molecule has 0 fully saturated rings. The highest BCUT2D eigenvalue weighted by molar-refractivity contribution is 7.21. The molecule has 0 saturated heterocycles. The zero-order valence-corrected chi connectivity index (χ0v) is 23.8. The summed E-state index contributed by atoms with van der Waals surface area (Å²) < 4.78 is 5.05. The van der Waals surface area contributed by atoms with Crippen LogP contribution in [0.15, 0.2) is 24.3 Å². The van der Waals surface area contributed by atoms with Crippen LogP contribution in [0.1, 0.15) is 74.7 Å². The number of ether oxygens (including phenoxy) is 1. The lowest BCUT2D eigenvalue weighted by molar-refractivity contribution is 0.0601. The monoisotopic (exact) mass is 559 g/mol. The maximum atomic E-state index is 13.6. The first-order valence-electron chi connectivity index (χ1n) is 12.7. The number of hydrogen-bond donors (Lipinski definition) is 3. The summed E-state index contributed by atoms with van der Waals surface area (Å²) in [7, 11) is 1.34. The minimum atomic E-state index is -0.470. The van der Waals surface area contributed by atoms with Crippen LogP contribution in [0.3, 0.4) is 0 Å². The van der Waals surface area contributed by atoms with E-state index in [0.717, 1.165) is 52.2 Å². The van der Waals surface area contributed by atoms with Gasteiger partial charge in [-0.2, -0.15) is 5.26 Å². The normalized spacial score (nSPS) is 14.7. The van der Waals surface area contributed by atoms with Gasteiger partial charge in [-0.1, -0.05) is 45.0 Å². The fourth-order valence-corrected chi connectivity index (χ4v) is 7.49. The zero-order chi connectivity index (χ0) is 28.0. The summed E-state index contributed by atoms with van der Waals surface area (Å²) in [5, 5.41) is 13.8. The summed E-state index contributed by atoms with van der Waals surface area (Å²) in [6.45, 7) is 6.39. The quantitative estimate of drug-likeness (QED) is 0.242. The van der Waals surface area contributed by atoms with Crippen LogP contribution in [0.2, 0.25) is 0 Å². The highest BCUT2D eigenvalue weighted by Crippen LogP contribution is 2.44. The Kier molecular flexibility index (Phi) is 7.05. The lowest BCUT2D eigenvalue weighted by atomic mass is 9.88. The van der Waals surface area contributed by atoms with Gasteiger partial charge in [0.05, 0.1) is 18.4 Å². The Morgan fingerprint density at radius 2 is 1.92 bits per heavy atom. The fraction of sp³-hybridized carbons (Fsp3) is 0.310. The van der Waals surface area contributed by atoms with E-state index in [0.29, 0.717) is 38.2 Å². The van der Waals surface area contributed by atoms with Gasteiger partial charge in [0.15, 0.2) is 0 Å². The van der Waals surface area contributed by atoms with Crippen molar-refractivity contribution in [3.05, 3.63) is 56.3 Å². The van der Waals surface area contributed by atoms with Crippen molar-refractivity contribution in [2.75, 3.05) is 23.9 Å². The van der Waals surface area contributed by atoms with Crippen LogP contribution in [0.5, 0.6) is 0 Å². The Morgan fingerprint density at radius 3 is 2.56 bits per heavy atom. The van der Waals surface area contributed by atoms with Crippen LogP contribution < -0.4 is 16.8 Å². The predicted octanol–water partition coefficient (Wildman–Crippen LogP) is 6.35. The molecule has 8 nitrogen and oxygen atoms in total. The van der Waals surface area contributed by atoms with Crippen molar-refractivity contribution in [3.8, 4) is 17.2 Å². The molecule has 0 aliphatic heterocycles. The first-order chi connectivity index (χ1) is 18.6. The molecule has 0 bridgehead atoms. The Hall–Kier alpha value is -3.94. The molecule has 1 aromatic carbocycles. The number of nitrogens with one attached hydrogen (secondary N) is 1. The third-order valence-corrected chi connectivity index (χ3v) is 9.48. The van der Waals surface area contributed by atoms with Gasteiger partial charge in [-0.15, -0.1) is 22.7 Å². The van der Waals surface area contributed by atoms with Crippen molar-refractivity contribution >= 4 is 61.3 Å². The SMILES string of the molecule is COC(=O)c1c(NC(=O)c2sc3nc(N)c(C#N)c(-c4ccc(C(C)C)cc4)c3c2N)sc2c1CCC(C)C2. The van der Waals surface area contributed by atoms with Gasteiger partial charge in [0, 0.05) is 15.8 Å². The number of nitrogens with two attached hydrogens (primary N) is 2. The number of nitrogens with zero attached hydrogens (tertiary/aromatic N) is 2. The van der Waals surface area contributed by atoms with Crippen molar-refractivity contribution in [2.45, 2.75) is 46.0 Å². The molecule has 0 saturated carbocycles. The number of carbonyl (C=O) groups is 2. The highest BCUT2D eigenvalue weighted by atomic mass is 32.1. The first-order valence-corrected chi connectivity index (χ1v) is 14.3. The summed E-state index contributed by atoms with van der Waals surface area (Å²) >= 11 is 2.52. The molecular formula is C29H29N5O3S2. The Morgan fingerprint density at radius 1 is 1.21 bits per heavy atom. The average molecular weight is 560 g/mol. The number of methoxy groups -OCH3 is 1. The van der Waals surface area contributed by atoms with Gasteiger partial charge in [-0.05, 0) is 47.8 Å². The van der Waals surface area contributed by atoms with Crippen molar-refractivity contribution in [1.82, 2.24) is 4.98 Å². The average Bonchev–Trinajstić information content (AvgIpc) is 3.43. The molecule has 0 radical (unpaired) electrons. The number of nitrogen functional groups attached to an aromatic ring is 2. The summed E-state index contributed by atoms with van der Waals surface area (Å²) in [5.74, 6) is 0.00317. The molecular weight excluding hydrogens is 530 g/mol. The zero-order valence-electron chi connectivity index (χ0n) is 22.2. The number of rotatable bonds is 5. The van der Waals surface area contributed by atoms with Crippen molar-refractivity contribution in [1.29, 1.82) is 5.26 Å². The molecule has 39 heavy (non-hydrogen) atoms. The smallest absolute Gasteiger partial charge is 0.341 e. The van der Waals surface area contributed by atoms with E-state index < -0.39 is 11.9 Å². The van der Waals surface area contributed by atoms with Gasteiger partial charge in [-0.3, -0.25) is 4.79 Å². The van der Waals surface area contributed by atoms with Crippen molar-refractivity contribution in [3.63, 3.8) is 0 Å². The van der Waals surface area contributed by atoms with Crippen LogP contribution in [-0.4, -0.2) is 24.0 Å². The third kappa shape index (κ3) is 4.62. The van der Waals surface area contributed by atoms with E-state index in [4.69, 9.17) is 16.2 Å². The number of pyridine rings is 1. The van der Waals surface area contributed by atoms with E-state index in [-0.39, 0.29) is 21.9 Å². The number of thiophene rings is 2. The number of esters is 1. The molecule has 1 aliphatic rings. The largest absolute Gasteiger partial charge is 0.465 e. The van der Waals surface area contributed by atoms with Crippen LogP contribution in [-0.2, 0) is 17.6 Å². The minimum absolute atomic E-state index is 0.0779. The first kappa shape index (κ1) is 26.7. The van der Waals surface area contributed by atoms with Gasteiger partial charge in [-0.25, -0.2) is 9.78 Å². The topological polar surface area (TPSA) is 144 Å². The fourth-order valence-electron chi connectivity index (χ4n) is 5.09. The Balaban J connectivity index is 1.61. The molecule has 5 N–H and O–H groups in total. The van der Waals surface area contributed by atoms with E-state index in [1.165, 1.54) is 18.4 Å². The van der Waals surface area contributed by atoms with Crippen LogP contribution in [0, 0.1) is 17.2 Å². The Bertz CT molecular complexity index is 1660. The maximum Gasteiger partial charge on any atom is 0.341 e. The number of aromatic nitrogens is 1. The third-order valence-electron chi connectivity index (χ3n) is 7.22. The summed E-state index contributed by atoms with van der Waals surface area (Å²) in [6, 6.07) is 10.0. The number of fused-ring (bicyclic) bond motifs is 2. The van der Waals surface area contributed by atoms with Gasteiger partial charge < -0.3 is 21.5 Å². The number of amides is 1. The van der Waals surface area contributed by atoms with E-state index in [9.17, 15) is 14.9 Å². The number of benzene rings is 1. The summed E-state index contributed by atoms with van der Waals surface area (Å²) in [5.41, 5.74) is 17.1. The minimum Gasteiger partial charge on any atom is -0.465 e. The summed E-state index contributed by atoms with van der Waals surface area (Å²) in [4.78, 5) is 32.5. The van der Waals surface area contributed by atoms with Crippen LogP contribution in [0.25, 0.3) is 21.3 Å². The molecule has 4 aromatic rings. The van der Waals surface area contributed by atoms with Gasteiger partial charge >= 0.3 is 5.97 Å². The molecule has 1 amide bonds. The van der Waals surface area contributed by atoms with Gasteiger partial charge in [0.25, 0.3) is 5.91 Å². The predicted molar refractivity (Wildman–Crippen MR) is 157 cm³/mol. The highest BCUT2D eigenvalue weighted by Gasteiger charge is 2.30. The number of nitriles is 1. The molecule has 1 atom stereocenters. The van der Waals surface area contributed by atoms with Crippen molar-refractivity contribution in [2.24, 2.45) is 5.92 Å². The number of hydrogen-bond acceptors (Lipinski definition) is 9. The van der Waals surface area contributed by atoms with Gasteiger partial charge in [0.1, 0.15) is 32.2 Å². The maximum absolute atomic E-state index is 13.6. The van der Waals surface area contributed by atoms with Crippen LogP contribution in [0.4, 0.5) is 16.5 Å². The van der Waals surface area contributed by atoms with Gasteiger partial charge in [0.2, 0.25) is 0 Å². The molecule has 5 rings (SSSR count). The van der Waals surface area contributed by atoms with E-state index in [1.807, 2.05) is 24.3 Å². The van der Waals surface area contributed by atoms with E-state index in [1.54, 1.807) is 0 Å². The molecule has 1 unspecified atom stereocenters. The second-order valence-electron chi connectivity index (χ2n) is 10.2. The van der Waals surface area contributed by atoms with Crippen molar-refractivity contribution < 1.29 is 14.3 Å². The molecule has 10 heteroatoms. The molecule has 1 aliphatic carbocycles. The second kappa shape index (κ2) is 10.3. The van der Waals surface area contributed by atoms with E-state index >= 15 is 0 Å². The Labute approximate surface area is 234 Å². The van der Waals surface area contributed by atoms with E-state index in [2.05, 4.69) is 37.1 Å². The standard InChI is InChI=1S/C29H29N5O3S2/c1-13(2)15-6-8-16(9-7-15)20-18(12-30)25(32)33-28-22(20)23(31)24(39-28)26(35)34-27-21(29(36)37-4)17-10-5-14(3)11-19(17)38-27/h6-9,13-14H,5,10-11,31H2,1-4H3,(H2,32,33)(H,34,35).